The molecule has 0 aromatic rings. The Morgan fingerprint density at radius 3 is 2.48 bits per heavy atom. The van der Waals surface area contributed by atoms with Crippen LogP contribution >= 0.6 is 0 Å². The number of hydrogen-bond donors (Lipinski definition) is 3. The van der Waals surface area contributed by atoms with Crippen LogP contribution in [-0.2, 0) is 24.0 Å². The van der Waals surface area contributed by atoms with Gasteiger partial charge in [0.25, 0.3) is 0 Å². The average Bonchev–Trinajstić information content (AvgIpc) is 3.33. The highest BCUT2D eigenvalue weighted by Gasteiger charge is 2.67. The number of carboxylic acid groups (broad SMARTS) is 1. The van der Waals surface area contributed by atoms with Gasteiger partial charge >= 0.3 is 11.9 Å². The zero-order valence-electron chi connectivity index (χ0n) is 15.9. The molecule has 0 radical (unpaired) electrons. The third kappa shape index (κ3) is 2.92. The van der Waals surface area contributed by atoms with Gasteiger partial charge in [-0.3, -0.25) is 19.2 Å². The molecule has 3 rings (SSSR count). The number of esters is 1. The topological polar surface area (TPSA) is 122 Å². The molecule has 0 amide bonds. The Balaban J connectivity index is 2.04. The van der Waals surface area contributed by atoms with E-state index in [1.54, 1.807) is 19.9 Å². The van der Waals surface area contributed by atoms with Gasteiger partial charge in [-0.25, -0.2) is 0 Å². The molecule has 0 aromatic carbocycles. The molecule has 8 heteroatoms. The molecule has 0 aliphatic heterocycles. The molecule has 3 atom stereocenters. The SMILES string of the molecule is CC(=O)OC[C@]1(C)C=C2C(=O)[C@](C)(O)C3(CC3)C(C)=C2[C@H]1ONCC(=O)O. The lowest BCUT2D eigenvalue weighted by Gasteiger charge is -2.40. The van der Waals surface area contributed by atoms with Gasteiger partial charge in [0.1, 0.15) is 24.9 Å². The van der Waals surface area contributed by atoms with E-state index in [4.69, 9.17) is 14.7 Å². The maximum absolute atomic E-state index is 13.1. The first kappa shape index (κ1) is 19.7. The molecule has 1 spiro atoms. The van der Waals surface area contributed by atoms with E-state index < -0.39 is 41.0 Å². The van der Waals surface area contributed by atoms with E-state index in [-0.39, 0.29) is 12.4 Å². The lowest BCUT2D eigenvalue weighted by Crippen LogP contribution is -2.50. The summed E-state index contributed by atoms with van der Waals surface area (Å²) in [5.41, 5.74) is 1.30. The highest BCUT2D eigenvalue weighted by Crippen LogP contribution is 2.65. The molecule has 0 aromatic heterocycles. The number of aliphatic carboxylic acids is 1. The quantitative estimate of drug-likeness (QED) is 0.460. The van der Waals surface area contributed by atoms with Crippen LogP contribution in [0, 0.1) is 10.8 Å². The zero-order chi connectivity index (χ0) is 20.2. The Labute approximate surface area is 157 Å². The molecule has 0 heterocycles. The van der Waals surface area contributed by atoms with Crippen molar-refractivity contribution in [3.05, 3.63) is 22.8 Å². The van der Waals surface area contributed by atoms with Crippen LogP contribution in [0.1, 0.15) is 40.5 Å². The third-order valence-corrected chi connectivity index (χ3v) is 6.13. The van der Waals surface area contributed by atoms with Crippen molar-refractivity contribution in [3.63, 3.8) is 0 Å². The lowest BCUT2D eigenvalue weighted by atomic mass is 9.67. The summed E-state index contributed by atoms with van der Waals surface area (Å²) in [4.78, 5) is 40.9. The second-order valence-electron chi connectivity index (χ2n) is 8.08. The van der Waals surface area contributed by atoms with Crippen LogP contribution in [0.15, 0.2) is 22.8 Å². The second-order valence-corrected chi connectivity index (χ2v) is 8.08. The minimum atomic E-state index is -1.50. The molecule has 0 saturated heterocycles. The van der Waals surface area contributed by atoms with Gasteiger partial charge < -0.3 is 14.9 Å². The van der Waals surface area contributed by atoms with Crippen LogP contribution in [0.4, 0.5) is 0 Å². The Morgan fingerprint density at radius 2 is 1.96 bits per heavy atom. The van der Waals surface area contributed by atoms with Crippen LogP contribution in [-0.4, -0.2) is 52.8 Å². The first-order valence-electron chi connectivity index (χ1n) is 8.91. The van der Waals surface area contributed by atoms with Gasteiger partial charge in [0, 0.05) is 17.9 Å². The highest BCUT2D eigenvalue weighted by molar-refractivity contribution is 6.09. The van der Waals surface area contributed by atoms with Gasteiger partial charge in [-0.1, -0.05) is 11.6 Å². The van der Waals surface area contributed by atoms with E-state index in [1.165, 1.54) is 6.92 Å². The standard InChI is InChI=1S/C19H25NO7/c1-10-14-12(15(24)18(4,25)19(10)5-6-19)7-17(3,9-26-11(2)21)16(14)27-20-8-13(22)23/h7,16,20,25H,5-6,8-9H2,1-4H3,(H,22,23)/t16-,17+,18+/m1/s1. The van der Waals surface area contributed by atoms with Crippen molar-refractivity contribution in [2.24, 2.45) is 10.8 Å². The number of hydrogen-bond acceptors (Lipinski definition) is 7. The summed E-state index contributed by atoms with van der Waals surface area (Å²) in [6.45, 7) is 6.03. The van der Waals surface area contributed by atoms with E-state index in [0.717, 1.165) is 5.57 Å². The largest absolute Gasteiger partial charge is 0.480 e. The van der Waals surface area contributed by atoms with E-state index in [1.807, 2.05) is 6.92 Å². The number of fused-ring (bicyclic) bond motifs is 1. The predicted molar refractivity (Wildman–Crippen MR) is 93.3 cm³/mol. The van der Waals surface area contributed by atoms with Crippen molar-refractivity contribution in [2.45, 2.75) is 52.2 Å². The first-order chi connectivity index (χ1) is 12.5. The number of nitrogens with one attached hydrogen (secondary N) is 1. The maximum atomic E-state index is 13.1. The fraction of sp³-hybridized carbons (Fsp3) is 0.632. The van der Waals surface area contributed by atoms with Crippen LogP contribution in [0.3, 0.4) is 0 Å². The van der Waals surface area contributed by atoms with Gasteiger partial charge in [-0.05, 0) is 39.2 Å². The summed E-state index contributed by atoms with van der Waals surface area (Å²) in [6, 6.07) is 0. The number of carbonyl (C=O) groups excluding carboxylic acids is 2. The monoisotopic (exact) mass is 379 g/mol. The number of ether oxygens (including phenoxy) is 1. The van der Waals surface area contributed by atoms with Crippen molar-refractivity contribution < 1.29 is 34.2 Å². The number of hydroxylamine groups is 1. The Bertz CT molecular complexity index is 775. The number of ketones is 1. The van der Waals surface area contributed by atoms with Crippen molar-refractivity contribution in [2.75, 3.05) is 13.2 Å². The minimum Gasteiger partial charge on any atom is -0.480 e. The summed E-state index contributed by atoms with van der Waals surface area (Å²) < 4.78 is 5.18. The molecular formula is C19H25NO7. The van der Waals surface area contributed by atoms with E-state index in [2.05, 4.69) is 5.48 Å². The van der Waals surface area contributed by atoms with Crippen LogP contribution < -0.4 is 5.48 Å². The zero-order valence-corrected chi connectivity index (χ0v) is 15.9. The smallest absolute Gasteiger partial charge is 0.319 e. The van der Waals surface area contributed by atoms with Gasteiger partial charge in [-0.15, -0.1) is 0 Å². The summed E-state index contributed by atoms with van der Waals surface area (Å²) in [5, 5.41) is 19.8. The lowest BCUT2D eigenvalue weighted by molar-refractivity contribution is -0.148. The summed E-state index contributed by atoms with van der Waals surface area (Å²) >= 11 is 0. The van der Waals surface area contributed by atoms with E-state index >= 15 is 0 Å². The minimum absolute atomic E-state index is 0.0372. The van der Waals surface area contributed by atoms with Crippen molar-refractivity contribution >= 4 is 17.7 Å². The third-order valence-electron chi connectivity index (χ3n) is 6.13. The summed E-state index contributed by atoms with van der Waals surface area (Å²) in [7, 11) is 0. The molecule has 8 nitrogen and oxygen atoms in total. The molecule has 0 bridgehead atoms. The molecule has 1 saturated carbocycles. The second kappa shape index (κ2) is 6.25. The number of carboxylic acids is 1. The van der Waals surface area contributed by atoms with Gasteiger partial charge in [0.15, 0.2) is 5.78 Å². The van der Waals surface area contributed by atoms with Crippen LogP contribution in [0.2, 0.25) is 0 Å². The molecule has 3 aliphatic carbocycles. The van der Waals surface area contributed by atoms with Gasteiger partial charge in [-0.2, -0.15) is 5.48 Å². The van der Waals surface area contributed by atoms with E-state index in [9.17, 15) is 19.5 Å². The number of carbonyl (C=O) groups is 3. The highest BCUT2D eigenvalue weighted by atomic mass is 16.7. The fourth-order valence-electron chi connectivity index (χ4n) is 4.38. The molecule has 3 N–H and O–H groups in total. The molecule has 148 valence electrons. The van der Waals surface area contributed by atoms with Crippen LogP contribution in [0.25, 0.3) is 0 Å². The number of rotatable bonds is 6. The maximum Gasteiger partial charge on any atom is 0.319 e. The summed E-state index contributed by atoms with van der Waals surface area (Å²) in [5.74, 6) is -1.93. The van der Waals surface area contributed by atoms with Gasteiger partial charge in [0.05, 0.1) is 5.41 Å². The first-order valence-corrected chi connectivity index (χ1v) is 8.91. The van der Waals surface area contributed by atoms with Gasteiger partial charge in [0.2, 0.25) is 0 Å². The Morgan fingerprint density at radius 1 is 1.33 bits per heavy atom. The molecule has 3 aliphatic rings. The Hall–Kier alpha value is -2.03. The van der Waals surface area contributed by atoms with Crippen molar-refractivity contribution in [1.82, 2.24) is 5.48 Å². The van der Waals surface area contributed by atoms with Crippen molar-refractivity contribution in [3.8, 4) is 0 Å². The number of Topliss-reactive ketones (excluding diaryl/α,β-unsaturated/α-hetero) is 1. The normalized spacial score (nSPS) is 33.7. The molecular weight excluding hydrogens is 354 g/mol. The Kier molecular flexibility index (Phi) is 4.57. The van der Waals surface area contributed by atoms with Crippen LogP contribution in [0.5, 0.6) is 0 Å². The molecule has 0 unspecified atom stereocenters. The number of aliphatic hydroxyl groups is 1. The molecule has 1 fully saturated rings. The predicted octanol–water partition coefficient (Wildman–Crippen LogP) is 0.901. The fourth-order valence-corrected chi connectivity index (χ4v) is 4.38. The average molecular weight is 379 g/mol. The summed E-state index contributed by atoms with van der Waals surface area (Å²) in [6.07, 6.45) is 2.35. The molecule has 27 heavy (non-hydrogen) atoms. The van der Waals surface area contributed by atoms with Crippen molar-refractivity contribution in [1.29, 1.82) is 0 Å². The van der Waals surface area contributed by atoms with E-state index in [0.29, 0.717) is 24.0 Å².